The Kier molecular flexibility index (Phi) is 4.44. The molecule has 0 atom stereocenters. The van der Waals surface area contributed by atoms with Crippen molar-refractivity contribution in [3.63, 3.8) is 0 Å². The Hall–Kier alpha value is -3.46. The third kappa shape index (κ3) is 3.33. The predicted molar refractivity (Wildman–Crippen MR) is 107 cm³/mol. The van der Waals surface area contributed by atoms with Gasteiger partial charge in [-0.3, -0.25) is 0 Å². The molecule has 0 saturated carbocycles. The largest absolute Gasteiger partial charge is 0.383 e. The lowest BCUT2D eigenvalue weighted by Gasteiger charge is -2.14. The molecule has 26 heavy (non-hydrogen) atoms. The van der Waals surface area contributed by atoms with Crippen LogP contribution in [0.15, 0.2) is 91.0 Å². The summed E-state index contributed by atoms with van der Waals surface area (Å²) in [5.41, 5.74) is 11.4. The third-order valence-electron chi connectivity index (χ3n) is 4.34. The van der Waals surface area contributed by atoms with Gasteiger partial charge in [0.05, 0.1) is 5.69 Å². The van der Waals surface area contributed by atoms with Crippen LogP contribution in [0.4, 0.5) is 5.82 Å². The average Bonchev–Trinajstić information content (AvgIpc) is 2.71. The molecule has 0 aliphatic carbocycles. The van der Waals surface area contributed by atoms with Crippen molar-refractivity contribution in [1.82, 2.24) is 9.97 Å². The SMILES string of the molecule is Nc1nc(-c2ccccc2)nc(-c2ccccc2)c1Cc1ccccc1. The Balaban J connectivity index is 1.87. The molecule has 4 rings (SSSR count). The zero-order valence-corrected chi connectivity index (χ0v) is 14.3. The summed E-state index contributed by atoms with van der Waals surface area (Å²) in [7, 11) is 0. The highest BCUT2D eigenvalue weighted by molar-refractivity contribution is 5.72. The van der Waals surface area contributed by atoms with Gasteiger partial charge >= 0.3 is 0 Å². The summed E-state index contributed by atoms with van der Waals surface area (Å²) < 4.78 is 0. The van der Waals surface area contributed by atoms with E-state index in [0.29, 0.717) is 18.1 Å². The second-order valence-electron chi connectivity index (χ2n) is 6.15. The van der Waals surface area contributed by atoms with E-state index in [-0.39, 0.29) is 0 Å². The fraction of sp³-hybridized carbons (Fsp3) is 0.0435. The van der Waals surface area contributed by atoms with E-state index < -0.39 is 0 Å². The molecule has 4 aromatic rings. The van der Waals surface area contributed by atoms with Crippen LogP contribution in [-0.2, 0) is 6.42 Å². The Labute approximate surface area is 153 Å². The van der Waals surface area contributed by atoms with Gasteiger partial charge in [0.15, 0.2) is 5.82 Å². The van der Waals surface area contributed by atoms with Gasteiger partial charge in [0.25, 0.3) is 0 Å². The van der Waals surface area contributed by atoms with Crippen molar-refractivity contribution >= 4 is 5.82 Å². The molecule has 3 heteroatoms. The van der Waals surface area contributed by atoms with E-state index in [1.165, 1.54) is 5.56 Å². The number of anilines is 1. The van der Waals surface area contributed by atoms with Gasteiger partial charge in [-0.1, -0.05) is 91.0 Å². The van der Waals surface area contributed by atoms with Gasteiger partial charge in [-0.25, -0.2) is 9.97 Å². The van der Waals surface area contributed by atoms with Crippen molar-refractivity contribution < 1.29 is 0 Å². The van der Waals surface area contributed by atoms with Crippen molar-refractivity contribution in [3.8, 4) is 22.6 Å². The van der Waals surface area contributed by atoms with Gasteiger partial charge in [-0.05, 0) is 5.56 Å². The summed E-state index contributed by atoms with van der Waals surface area (Å²) in [6, 6.07) is 30.4. The number of benzene rings is 3. The smallest absolute Gasteiger partial charge is 0.162 e. The van der Waals surface area contributed by atoms with Crippen LogP contribution in [0.5, 0.6) is 0 Å². The summed E-state index contributed by atoms with van der Waals surface area (Å²) >= 11 is 0. The van der Waals surface area contributed by atoms with E-state index >= 15 is 0 Å². The molecule has 0 aliphatic rings. The van der Waals surface area contributed by atoms with Gasteiger partial charge in [-0.15, -0.1) is 0 Å². The van der Waals surface area contributed by atoms with E-state index in [4.69, 9.17) is 10.7 Å². The average molecular weight is 337 g/mol. The van der Waals surface area contributed by atoms with Crippen molar-refractivity contribution in [2.75, 3.05) is 5.73 Å². The topological polar surface area (TPSA) is 51.8 Å². The molecule has 0 fully saturated rings. The molecular formula is C23H19N3. The first-order chi connectivity index (χ1) is 12.8. The van der Waals surface area contributed by atoms with Gasteiger partial charge < -0.3 is 5.73 Å². The molecule has 0 saturated heterocycles. The molecule has 0 aliphatic heterocycles. The van der Waals surface area contributed by atoms with Crippen LogP contribution in [0.1, 0.15) is 11.1 Å². The number of aromatic nitrogens is 2. The lowest BCUT2D eigenvalue weighted by Crippen LogP contribution is -2.06. The quantitative estimate of drug-likeness (QED) is 0.571. The molecule has 0 spiro atoms. The van der Waals surface area contributed by atoms with Crippen LogP contribution in [0.25, 0.3) is 22.6 Å². The monoisotopic (exact) mass is 337 g/mol. The zero-order chi connectivity index (χ0) is 17.8. The number of rotatable bonds is 4. The highest BCUT2D eigenvalue weighted by atomic mass is 15.0. The maximum Gasteiger partial charge on any atom is 0.162 e. The predicted octanol–water partition coefficient (Wildman–Crippen LogP) is 4.98. The van der Waals surface area contributed by atoms with Crippen LogP contribution < -0.4 is 5.73 Å². The number of hydrogen-bond acceptors (Lipinski definition) is 3. The number of nitrogen functional groups attached to an aromatic ring is 1. The summed E-state index contributed by atoms with van der Waals surface area (Å²) in [6.45, 7) is 0. The van der Waals surface area contributed by atoms with E-state index in [9.17, 15) is 0 Å². The minimum atomic E-state index is 0.529. The molecule has 126 valence electrons. The zero-order valence-electron chi connectivity index (χ0n) is 14.3. The van der Waals surface area contributed by atoms with Crippen LogP contribution >= 0.6 is 0 Å². The fourth-order valence-electron chi connectivity index (χ4n) is 3.03. The summed E-state index contributed by atoms with van der Waals surface area (Å²) in [5, 5.41) is 0. The lowest BCUT2D eigenvalue weighted by molar-refractivity contribution is 1.09. The second kappa shape index (κ2) is 7.19. The summed E-state index contributed by atoms with van der Waals surface area (Å²) in [4.78, 5) is 9.47. The van der Waals surface area contributed by atoms with Gasteiger partial charge in [0, 0.05) is 23.1 Å². The normalized spacial score (nSPS) is 10.6. The van der Waals surface area contributed by atoms with Crippen LogP contribution in [-0.4, -0.2) is 9.97 Å². The molecule has 0 radical (unpaired) electrons. The van der Waals surface area contributed by atoms with Crippen molar-refractivity contribution in [2.24, 2.45) is 0 Å². The van der Waals surface area contributed by atoms with Crippen molar-refractivity contribution in [1.29, 1.82) is 0 Å². The van der Waals surface area contributed by atoms with E-state index in [1.54, 1.807) is 0 Å². The second-order valence-corrected chi connectivity index (χ2v) is 6.15. The van der Waals surface area contributed by atoms with Crippen molar-refractivity contribution in [2.45, 2.75) is 6.42 Å². The van der Waals surface area contributed by atoms with Crippen LogP contribution in [0, 0.1) is 0 Å². The molecule has 2 N–H and O–H groups in total. The maximum atomic E-state index is 6.39. The third-order valence-corrected chi connectivity index (χ3v) is 4.34. The molecule has 0 unspecified atom stereocenters. The first-order valence-electron chi connectivity index (χ1n) is 8.62. The number of hydrogen-bond donors (Lipinski definition) is 1. The number of nitrogens with zero attached hydrogens (tertiary/aromatic N) is 2. The summed E-state index contributed by atoms with van der Waals surface area (Å²) in [5.74, 6) is 1.18. The summed E-state index contributed by atoms with van der Waals surface area (Å²) in [6.07, 6.45) is 0.700. The fourth-order valence-corrected chi connectivity index (χ4v) is 3.03. The lowest BCUT2D eigenvalue weighted by atomic mass is 9.99. The molecule has 1 heterocycles. The molecule has 3 aromatic carbocycles. The Bertz CT molecular complexity index is 998. The molecule has 0 bridgehead atoms. The number of nitrogens with two attached hydrogens (primary N) is 1. The minimum absolute atomic E-state index is 0.529. The van der Waals surface area contributed by atoms with Crippen LogP contribution in [0.2, 0.25) is 0 Å². The first-order valence-corrected chi connectivity index (χ1v) is 8.62. The molecule has 0 amide bonds. The standard InChI is InChI=1S/C23H19N3/c24-22-20(16-17-10-4-1-5-11-17)21(18-12-6-2-7-13-18)25-23(26-22)19-14-8-3-9-15-19/h1-15H,16H2,(H2,24,25,26). The highest BCUT2D eigenvalue weighted by Gasteiger charge is 2.15. The Morgan fingerprint density at radius 1 is 0.615 bits per heavy atom. The molecular weight excluding hydrogens is 318 g/mol. The van der Waals surface area contributed by atoms with E-state index in [2.05, 4.69) is 29.2 Å². The van der Waals surface area contributed by atoms with E-state index in [0.717, 1.165) is 22.4 Å². The Morgan fingerprint density at radius 2 is 1.15 bits per heavy atom. The van der Waals surface area contributed by atoms with Gasteiger partial charge in [-0.2, -0.15) is 0 Å². The minimum Gasteiger partial charge on any atom is -0.383 e. The highest BCUT2D eigenvalue weighted by Crippen LogP contribution is 2.30. The van der Waals surface area contributed by atoms with Crippen LogP contribution in [0.3, 0.4) is 0 Å². The van der Waals surface area contributed by atoms with Gasteiger partial charge in [0.2, 0.25) is 0 Å². The van der Waals surface area contributed by atoms with E-state index in [1.807, 2.05) is 66.7 Å². The van der Waals surface area contributed by atoms with Crippen molar-refractivity contribution in [3.05, 3.63) is 102 Å². The molecule has 3 nitrogen and oxygen atoms in total. The van der Waals surface area contributed by atoms with Gasteiger partial charge in [0.1, 0.15) is 5.82 Å². The molecule has 1 aromatic heterocycles. The maximum absolute atomic E-state index is 6.39. The first kappa shape index (κ1) is 16.0. The Morgan fingerprint density at radius 3 is 1.77 bits per heavy atom.